The van der Waals surface area contributed by atoms with Gasteiger partial charge in [0.05, 0.1) is 11.1 Å². The predicted octanol–water partition coefficient (Wildman–Crippen LogP) is 7.15. The molecule has 1 saturated carbocycles. The lowest BCUT2D eigenvalue weighted by Gasteiger charge is -2.19. The number of anilines is 1. The van der Waals surface area contributed by atoms with E-state index in [-0.39, 0.29) is 53.2 Å². The number of amides is 1. The summed E-state index contributed by atoms with van der Waals surface area (Å²) < 4.78 is 84.9. The molecule has 0 bridgehead atoms. The van der Waals surface area contributed by atoms with Crippen molar-refractivity contribution in [3.63, 3.8) is 0 Å². The van der Waals surface area contributed by atoms with Crippen LogP contribution in [0.1, 0.15) is 45.8 Å². The molecule has 1 heterocycles. The Labute approximate surface area is 209 Å². The Bertz CT molecular complexity index is 1350. The number of halogens is 5. The van der Waals surface area contributed by atoms with Crippen molar-refractivity contribution in [3.05, 3.63) is 82.7 Å². The second kappa shape index (κ2) is 9.33. The van der Waals surface area contributed by atoms with Gasteiger partial charge in [-0.1, -0.05) is 6.07 Å². The summed E-state index contributed by atoms with van der Waals surface area (Å²) in [7, 11) is 0. The average molecular weight is 519 g/mol. The minimum absolute atomic E-state index is 0.0525. The Balaban J connectivity index is 1.48. The molecule has 5 rings (SSSR count). The molecule has 1 aliphatic heterocycles. The number of carbonyl (C=O) groups is 1. The summed E-state index contributed by atoms with van der Waals surface area (Å²) in [6.07, 6.45) is -3.48. The number of aryl methyl sites for hydroxylation is 1. The van der Waals surface area contributed by atoms with Gasteiger partial charge in [-0.25, -0.2) is 8.78 Å². The van der Waals surface area contributed by atoms with Gasteiger partial charge in [-0.3, -0.25) is 4.79 Å². The zero-order valence-corrected chi connectivity index (χ0v) is 19.6. The van der Waals surface area contributed by atoms with Crippen molar-refractivity contribution < 1.29 is 41.0 Å². The van der Waals surface area contributed by atoms with Crippen LogP contribution in [0.4, 0.5) is 27.6 Å². The van der Waals surface area contributed by atoms with Gasteiger partial charge >= 0.3 is 6.18 Å². The Morgan fingerprint density at radius 1 is 1.11 bits per heavy atom. The van der Waals surface area contributed by atoms with E-state index in [1.54, 1.807) is 19.1 Å². The summed E-state index contributed by atoms with van der Waals surface area (Å²) in [5.41, 5.74) is -0.569. The molecule has 1 amide bonds. The van der Waals surface area contributed by atoms with Crippen molar-refractivity contribution >= 4 is 11.6 Å². The molecular weight excluding hydrogens is 497 g/mol. The molecule has 37 heavy (non-hydrogen) atoms. The lowest BCUT2D eigenvalue weighted by Crippen LogP contribution is -2.17. The first-order chi connectivity index (χ1) is 17.5. The molecule has 0 radical (unpaired) electrons. The molecule has 1 atom stereocenters. The second-order valence-electron chi connectivity index (χ2n) is 9.16. The predicted molar refractivity (Wildman–Crippen MR) is 124 cm³/mol. The number of carbonyl (C=O) groups excluding carboxylic acids is 1. The molecule has 194 valence electrons. The first kappa shape index (κ1) is 25.0. The molecule has 0 aromatic heterocycles. The van der Waals surface area contributed by atoms with Gasteiger partial charge in [0.2, 0.25) is 0 Å². The number of alkyl halides is 4. The largest absolute Gasteiger partial charge is 0.487 e. The number of hydrogen-bond acceptors (Lipinski definition) is 4. The van der Waals surface area contributed by atoms with E-state index in [0.29, 0.717) is 18.4 Å². The van der Waals surface area contributed by atoms with Crippen molar-refractivity contribution in [3.8, 4) is 17.2 Å². The average Bonchev–Trinajstić information content (AvgIpc) is 3.76. The van der Waals surface area contributed by atoms with Crippen LogP contribution in [-0.4, -0.2) is 25.0 Å². The van der Waals surface area contributed by atoms with Crippen molar-refractivity contribution in [2.45, 2.75) is 37.7 Å². The summed E-state index contributed by atoms with van der Waals surface area (Å²) in [5, 5.41) is 2.55. The molecule has 2 aliphatic rings. The molecule has 1 unspecified atom stereocenters. The second-order valence-corrected chi connectivity index (χ2v) is 9.16. The van der Waals surface area contributed by atoms with Crippen molar-refractivity contribution in [1.82, 2.24) is 0 Å². The van der Waals surface area contributed by atoms with E-state index in [1.807, 2.05) is 0 Å². The molecule has 0 spiro atoms. The summed E-state index contributed by atoms with van der Waals surface area (Å²) in [5.74, 6) is -3.11. The van der Waals surface area contributed by atoms with Gasteiger partial charge in [0.25, 0.3) is 11.8 Å². The smallest absolute Gasteiger partial charge is 0.416 e. The van der Waals surface area contributed by atoms with Crippen molar-refractivity contribution in [1.29, 1.82) is 0 Å². The summed E-state index contributed by atoms with van der Waals surface area (Å²) in [6, 6.07) is 11.8. The summed E-state index contributed by atoms with van der Waals surface area (Å²) in [6.45, 7) is 1.18. The molecule has 3 aromatic carbocycles. The molecule has 10 heteroatoms. The van der Waals surface area contributed by atoms with E-state index in [2.05, 4.69) is 10.1 Å². The van der Waals surface area contributed by atoms with Crippen molar-refractivity contribution in [2.24, 2.45) is 0 Å². The molecule has 2 fully saturated rings. The molecule has 1 saturated heterocycles. The maximum Gasteiger partial charge on any atom is 0.416 e. The number of rotatable bonds is 8. The van der Waals surface area contributed by atoms with E-state index in [4.69, 9.17) is 9.47 Å². The van der Waals surface area contributed by atoms with Gasteiger partial charge in [-0.2, -0.15) is 13.2 Å². The Morgan fingerprint density at radius 3 is 2.51 bits per heavy atom. The van der Waals surface area contributed by atoms with Crippen LogP contribution in [0.2, 0.25) is 0 Å². The third-order valence-electron chi connectivity index (χ3n) is 6.08. The first-order valence-electron chi connectivity index (χ1n) is 11.6. The quantitative estimate of drug-likeness (QED) is 0.254. The highest BCUT2D eigenvalue weighted by molar-refractivity contribution is 6.06. The van der Waals surface area contributed by atoms with Crippen LogP contribution in [0.5, 0.6) is 17.2 Å². The minimum atomic E-state index is -4.68. The van der Waals surface area contributed by atoms with E-state index < -0.39 is 29.3 Å². The van der Waals surface area contributed by atoms with Gasteiger partial charge in [0.1, 0.15) is 36.3 Å². The topological polar surface area (TPSA) is 60.1 Å². The van der Waals surface area contributed by atoms with Crippen LogP contribution >= 0.6 is 0 Å². The van der Waals surface area contributed by atoms with Gasteiger partial charge in [-0.05, 0) is 79.3 Å². The van der Waals surface area contributed by atoms with E-state index in [9.17, 15) is 26.7 Å². The van der Waals surface area contributed by atoms with Crippen molar-refractivity contribution in [2.75, 3.05) is 18.5 Å². The highest BCUT2D eigenvalue weighted by Gasteiger charge is 2.46. The molecule has 3 aromatic rings. The third-order valence-corrected chi connectivity index (χ3v) is 6.08. The summed E-state index contributed by atoms with van der Waals surface area (Å²) >= 11 is 0. The van der Waals surface area contributed by atoms with Gasteiger partial charge < -0.3 is 19.5 Å². The van der Waals surface area contributed by atoms with Crippen LogP contribution in [0.15, 0.2) is 54.6 Å². The number of hydrogen-bond donors (Lipinski definition) is 1. The maximum atomic E-state index is 13.9. The highest BCUT2D eigenvalue weighted by Crippen LogP contribution is 2.48. The minimum Gasteiger partial charge on any atom is -0.487 e. The molecular formula is C27H22F5NO4. The fraction of sp³-hybridized carbons (Fsp3) is 0.296. The number of epoxide rings is 1. The fourth-order valence-electron chi connectivity index (χ4n) is 3.90. The Hall–Kier alpha value is -3.66. The highest BCUT2D eigenvalue weighted by atomic mass is 19.4. The normalized spacial score (nSPS) is 18.9. The number of nitrogens with one attached hydrogen (secondary N) is 1. The maximum absolute atomic E-state index is 13.9. The summed E-state index contributed by atoms with van der Waals surface area (Å²) in [4.78, 5) is 13.2. The standard InChI is InChI=1S/C27H22F5NO4/c1-15-9-17(28)7-8-23(15)37-24-12-20(16-5-6-16)22(27(30,31)32)11-21(24)25(34)33-18-3-2-4-19(10-18)35-13-26(29)14-36-26/h2-4,7-12,16H,5-6,13-14H2,1H3,(H,33,34). The third kappa shape index (κ3) is 5.85. The van der Waals surface area contributed by atoms with Crippen LogP contribution in [-0.2, 0) is 10.9 Å². The van der Waals surface area contributed by atoms with E-state index in [0.717, 1.165) is 12.1 Å². The zero-order valence-electron chi connectivity index (χ0n) is 19.6. The molecule has 1 N–H and O–H groups in total. The van der Waals surface area contributed by atoms with Crippen LogP contribution in [0, 0.1) is 12.7 Å². The number of benzene rings is 3. The number of ether oxygens (including phenoxy) is 3. The zero-order chi connectivity index (χ0) is 26.4. The SMILES string of the molecule is Cc1cc(F)ccc1Oc1cc(C2CC2)c(C(F)(F)F)cc1C(=O)Nc1cccc(OCC2(F)CO2)c1. The molecule has 5 nitrogen and oxygen atoms in total. The van der Waals surface area contributed by atoms with E-state index in [1.165, 1.54) is 30.3 Å². The van der Waals surface area contributed by atoms with Crippen LogP contribution in [0.25, 0.3) is 0 Å². The Morgan fingerprint density at radius 2 is 1.86 bits per heavy atom. The molecule has 1 aliphatic carbocycles. The lowest BCUT2D eigenvalue weighted by molar-refractivity contribution is -0.138. The van der Waals surface area contributed by atoms with Gasteiger partial charge in [-0.15, -0.1) is 0 Å². The van der Waals surface area contributed by atoms with Gasteiger partial charge in [0.15, 0.2) is 0 Å². The van der Waals surface area contributed by atoms with Gasteiger partial charge in [0, 0.05) is 11.8 Å². The van der Waals surface area contributed by atoms with E-state index >= 15 is 0 Å². The first-order valence-corrected chi connectivity index (χ1v) is 11.6. The van der Waals surface area contributed by atoms with Crippen LogP contribution < -0.4 is 14.8 Å². The Kier molecular flexibility index (Phi) is 6.31. The fourth-order valence-corrected chi connectivity index (χ4v) is 3.90. The van der Waals surface area contributed by atoms with Crippen LogP contribution in [0.3, 0.4) is 0 Å². The monoisotopic (exact) mass is 519 g/mol. The lowest BCUT2D eigenvalue weighted by atomic mass is 9.98.